The van der Waals surface area contributed by atoms with Gasteiger partial charge in [-0.2, -0.15) is 0 Å². The van der Waals surface area contributed by atoms with E-state index < -0.39 is 29.1 Å². The molecule has 1 aliphatic rings. The number of hydrogen-bond donors (Lipinski definition) is 0. The topological polar surface area (TPSA) is 71.1 Å². The van der Waals surface area contributed by atoms with Crippen molar-refractivity contribution in [3.05, 3.63) is 29.1 Å². The molecule has 0 bridgehead atoms. The molecular weight excluding hydrogens is 295 g/mol. The highest BCUT2D eigenvalue weighted by atomic mass is 19.1. The highest BCUT2D eigenvalue weighted by Gasteiger charge is 2.39. The summed E-state index contributed by atoms with van der Waals surface area (Å²) in [5.41, 5.74) is -0.492. The van der Waals surface area contributed by atoms with Gasteiger partial charge in [-0.1, -0.05) is 0 Å². The Balaban J connectivity index is 2.49. The van der Waals surface area contributed by atoms with E-state index in [2.05, 4.69) is 0 Å². The lowest BCUT2D eigenvalue weighted by molar-refractivity contribution is -0.222. The Morgan fingerprint density at radius 1 is 1.09 bits per heavy atom. The third-order valence-corrected chi connectivity index (χ3v) is 2.93. The molecule has 6 nitrogen and oxygen atoms in total. The van der Waals surface area contributed by atoms with Gasteiger partial charge in [0.15, 0.2) is 0 Å². The van der Waals surface area contributed by atoms with Crippen LogP contribution in [0, 0.1) is 5.82 Å². The van der Waals surface area contributed by atoms with Crippen LogP contribution in [0.1, 0.15) is 19.4 Å². The molecule has 0 N–H and O–H groups in total. The fourth-order valence-corrected chi connectivity index (χ4v) is 1.92. The summed E-state index contributed by atoms with van der Waals surface area (Å²) in [6.07, 6.45) is 1.04. The Labute approximate surface area is 126 Å². The maximum atomic E-state index is 14.1. The summed E-state index contributed by atoms with van der Waals surface area (Å²) in [7, 11) is 2.71. The molecule has 7 heteroatoms. The quantitative estimate of drug-likeness (QED) is 0.483. The normalized spacial score (nSPS) is 16.7. The molecule has 0 unspecified atom stereocenters. The van der Waals surface area contributed by atoms with E-state index in [0.29, 0.717) is 0 Å². The minimum Gasteiger partial charge on any atom is -0.497 e. The molecule has 0 aromatic heterocycles. The number of benzene rings is 1. The second-order valence-corrected chi connectivity index (χ2v) is 4.96. The van der Waals surface area contributed by atoms with Crippen LogP contribution in [-0.2, 0) is 19.1 Å². The number of ether oxygens (including phenoxy) is 4. The summed E-state index contributed by atoms with van der Waals surface area (Å²) in [6.45, 7) is 2.85. The van der Waals surface area contributed by atoms with Crippen LogP contribution in [0.15, 0.2) is 17.7 Å². The summed E-state index contributed by atoms with van der Waals surface area (Å²) >= 11 is 0. The van der Waals surface area contributed by atoms with Crippen molar-refractivity contribution in [2.24, 2.45) is 0 Å². The third kappa shape index (κ3) is 3.03. The Morgan fingerprint density at radius 2 is 1.68 bits per heavy atom. The summed E-state index contributed by atoms with van der Waals surface area (Å²) in [6, 6.07) is 2.54. The number of carbonyl (C=O) groups excluding carboxylic acids is 2. The van der Waals surface area contributed by atoms with Crippen molar-refractivity contribution in [3.63, 3.8) is 0 Å². The summed E-state index contributed by atoms with van der Waals surface area (Å²) in [5, 5.41) is 0. The Morgan fingerprint density at radius 3 is 2.18 bits per heavy atom. The molecule has 1 saturated heterocycles. The molecule has 0 aliphatic carbocycles. The molecule has 0 radical (unpaired) electrons. The highest BCUT2D eigenvalue weighted by Crippen LogP contribution is 2.31. The summed E-state index contributed by atoms with van der Waals surface area (Å²) < 4.78 is 34.0. The van der Waals surface area contributed by atoms with Crippen LogP contribution < -0.4 is 9.47 Å². The molecule has 118 valence electrons. The smallest absolute Gasteiger partial charge is 0.348 e. The number of hydrogen-bond acceptors (Lipinski definition) is 6. The number of esters is 2. The number of halogens is 1. The molecule has 1 aliphatic heterocycles. The Bertz CT molecular complexity index is 640. The SMILES string of the molecule is COc1cc(F)c(C=C2C(=O)OC(C)(C)OC2=O)c(OC)c1. The van der Waals surface area contributed by atoms with E-state index in [4.69, 9.17) is 18.9 Å². The number of methoxy groups -OCH3 is 2. The van der Waals surface area contributed by atoms with Crippen LogP contribution in [0.25, 0.3) is 6.08 Å². The van der Waals surface area contributed by atoms with E-state index in [0.717, 1.165) is 12.1 Å². The van der Waals surface area contributed by atoms with E-state index >= 15 is 0 Å². The van der Waals surface area contributed by atoms with Crippen molar-refractivity contribution >= 4 is 18.0 Å². The fourth-order valence-electron chi connectivity index (χ4n) is 1.92. The zero-order valence-electron chi connectivity index (χ0n) is 12.6. The molecular formula is C15H15FO6. The Kier molecular flexibility index (Phi) is 4.07. The minimum absolute atomic E-state index is 0.0769. The van der Waals surface area contributed by atoms with Gasteiger partial charge in [0.1, 0.15) is 22.9 Å². The van der Waals surface area contributed by atoms with E-state index in [1.807, 2.05) is 0 Å². The van der Waals surface area contributed by atoms with Gasteiger partial charge in [0.25, 0.3) is 5.79 Å². The lowest BCUT2D eigenvalue weighted by atomic mass is 10.1. The average Bonchev–Trinajstić information content (AvgIpc) is 2.42. The van der Waals surface area contributed by atoms with Crippen LogP contribution >= 0.6 is 0 Å². The summed E-state index contributed by atoms with van der Waals surface area (Å²) in [5.74, 6) is -3.50. The van der Waals surface area contributed by atoms with Gasteiger partial charge in [0.05, 0.1) is 19.8 Å². The molecule has 1 aromatic carbocycles. The summed E-state index contributed by atoms with van der Waals surface area (Å²) in [4.78, 5) is 23.8. The minimum atomic E-state index is -1.35. The van der Waals surface area contributed by atoms with Crippen molar-refractivity contribution in [1.29, 1.82) is 0 Å². The van der Waals surface area contributed by atoms with Crippen LogP contribution in [0.3, 0.4) is 0 Å². The van der Waals surface area contributed by atoms with Crippen LogP contribution in [0.2, 0.25) is 0 Å². The third-order valence-electron chi connectivity index (χ3n) is 2.93. The standard InChI is InChI=1S/C15H15FO6/c1-15(2)21-13(17)10(14(18)22-15)7-9-11(16)5-8(19-3)6-12(9)20-4/h5-7H,1-4H3. The van der Waals surface area contributed by atoms with Crippen molar-refractivity contribution in [2.45, 2.75) is 19.6 Å². The number of cyclic esters (lactones) is 2. The first kappa shape index (κ1) is 15.8. The monoisotopic (exact) mass is 310 g/mol. The van der Waals surface area contributed by atoms with Crippen molar-refractivity contribution in [1.82, 2.24) is 0 Å². The van der Waals surface area contributed by atoms with Gasteiger partial charge < -0.3 is 18.9 Å². The molecule has 0 amide bonds. The number of carbonyl (C=O) groups is 2. The zero-order valence-corrected chi connectivity index (χ0v) is 12.6. The fraction of sp³-hybridized carbons (Fsp3) is 0.333. The predicted molar refractivity (Wildman–Crippen MR) is 73.7 cm³/mol. The number of rotatable bonds is 3. The second kappa shape index (κ2) is 5.67. The van der Waals surface area contributed by atoms with Gasteiger partial charge in [-0.25, -0.2) is 14.0 Å². The highest BCUT2D eigenvalue weighted by molar-refractivity contribution is 6.19. The molecule has 0 saturated carbocycles. The van der Waals surface area contributed by atoms with Gasteiger partial charge >= 0.3 is 11.9 Å². The van der Waals surface area contributed by atoms with Crippen molar-refractivity contribution in [3.8, 4) is 11.5 Å². The molecule has 1 fully saturated rings. The molecule has 1 aromatic rings. The molecule has 2 rings (SSSR count). The average molecular weight is 310 g/mol. The zero-order chi connectivity index (χ0) is 16.5. The van der Waals surface area contributed by atoms with E-state index in [1.165, 1.54) is 34.1 Å². The van der Waals surface area contributed by atoms with E-state index in [9.17, 15) is 14.0 Å². The first-order valence-electron chi connectivity index (χ1n) is 6.37. The maximum absolute atomic E-state index is 14.1. The first-order valence-corrected chi connectivity index (χ1v) is 6.37. The largest absolute Gasteiger partial charge is 0.497 e. The van der Waals surface area contributed by atoms with Gasteiger partial charge in [-0.15, -0.1) is 0 Å². The van der Waals surface area contributed by atoms with Gasteiger partial charge in [0.2, 0.25) is 0 Å². The molecule has 22 heavy (non-hydrogen) atoms. The second-order valence-electron chi connectivity index (χ2n) is 4.96. The molecule has 0 atom stereocenters. The van der Waals surface area contributed by atoms with Crippen molar-refractivity contribution < 1.29 is 32.9 Å². The van der Waals surface area contributed by atoms with Crippen LogP contribution in [0.4, 0.5) is 4.39 Å². The molecule has 0 spiro atoms. The lowest BCUT2D eigenvalue weighted by Gasteiger charge is -2.29. The van der Waals surface area contributed by atoms with Gasteiger partial charge in [-0.05, 0) is 6.08 Å². The van der Waals surface area contributed by atoms with E-state index in [-0.39, 0.29) is 17.1 Å². The van der Waals surface area contributed by atoms with Crippen molar-refractivity contribution in [2.75, 3.05) is 14.2 Å². The van der Waals surface area contributed by atoms with Gasteiger partial charge in [0, 0.05) is 26.0 Å². The lowest BCUT2D eigenvalue weighted by Crippen LogP contribution is -2.41. The molecule has 1 heterocycles. The first-order chi connectivity index (χ1) is 10.3. The van der Waals surface area contributed by atoms with Crippen LogP contribution in [0.5, 0.6) is 11.5 Å². The van der Waals surface area contributed by atoms with Gasteiger partial charge in [-0.3, -0.25) is 0 Å². The maximum Gasteiger partial charge on any atom is 0.348 e. The van der Waals surface area contributed by atoms with Crippen LogP contribution in [-0.4, -0.2) is 31.9 Å². The van der Waals surface area contributed by atoms with E-state index in [1.54, 1.807) is 0 Å². The Hall–Kier alpha value is -2.57. The predicted octanol–water partition coefficient (Wildman–Crippen LogP) is 2.06.